The number of piperazine rings is 1. The molecule has 2 aromatic heterocycles. The minimum Gasteiger partial charge on any atom is -0.465 e. The van der Waals surface area contributed by atoms with E-state index in [9.17, 15) is 22.8 Å². The zero-order valence-corrected chi connectivity index (χ0v) is 21.9. The zero-order valence-electron chi connectivity index (χ0n) is 21.9. The smallest absolute Gasteiger partial charge is 0.416 e. The Bertz CT molecular complexity index is 1680. The summed E-state index contributed by atoms with van der Waals surface area (Å²) in [4.78, 5) is 31.4. The fourth-order valence-electron chi connectivity index (χ4n) is 4.54. The highest BCUT2D eigenvalue weighted by atomic mass is 19.4. The van der Waals surface area contributed by atoms with Crippen LogP contribution in [-0.4, -0.2) is 67.7 Å². The number of hydrogen-bond donors (Lipinski definition) is 2. The third-order valence-electron chi connectivity index (χ3n) is 6.81. The number of imidazole rings is 1. The Morgan fingerprint density at radius 2 is 1.83 bits per heavy atom. The molecule has 0 spiro atoms. The molecular formula is C29H25F3N6O3. The van der Waals surface area contributed by atoms with Gasteiger partial charge in [0.25, 0.3) is 5.91 Å². The molecule has 1 saturated heterocycles. The summed E-state index contributed by atoms with van der Waals surface area (Å²) < 4.78 is 43.5. The number of nitrogens with one attached hydrogen (secondary N) is 1. The van der Waals surface area contributed by atoms with Gasteiger partial charge in [-0.1, -0.05) is 18.1 Å². The lowest BCUT2D eigenvalue weighted by Crippen LogP contribution is -2.47. The van der Waals surface area contributed by atoms with Crippen molar-refractivity contribution in [1.29, 1.82) is 0 Å². The molecule has 0 radical (unpaired) electrons. The molecule has 1 fully saturated rings. The zero-order chi connectivity index (χ0) is 29.1. The second-order valence-electron chi connectivity index (χ2n) is 9.59. The average molecular weight is 563 g/mol. The summed E-state index contributed by atoms with van der Waals surface area (Å²) in [6.45, 7) is 2.96. The molecule has 41 heavy (non-hydrogen) atoms. The molecule has 2 N–H and O–H groups in total. The number of amides is 2. The van der Waals surface area contributed by atoms with Crippen LogP contribution in [0.15, 0.2) is 60.9 Å². The van der Waals surface area contributed by atoms with E-state index in [2.05, 4.69) is 27.2 Å². The van der Waals surface area contributed by atoms with Crippen molar-refractivity contribution in [3.05, 3.63) is 94.4 Å². The average Bonchev–Trinajstić information content (AvgIpc) is 3.36. The Hall–Kier alpha value is -4.89. The normalized spacial score (nSPS) is 14.0. The molecule has 210 valence electrons. The van der Waals surface area contributed by atoms with Crippen LogP contribution in [-0.2, 0) is 12.7 Å². The Morgan fingerprint density at radius 1 is 1.05 bits per heavy atom. The van der Waals surface area contributed by atoms with E-state index in [0.29, 0.717) is 30.0 Å². The van der Waals surface area contributed by atoms with Crippen LogP contribution in [0.3, 0.4) is 0 Å². The molecule has 12 heteroatoms. The number of halogens is 3. The van der Waals surface area contributed by atoms with Crippen molar-refractivity contribution in [3.8, 4) is 11.8 Å². The van der Waals surface area contributed by atoms with Gasteiger partial charge in [0.1, 0.15) is 5.69 Å². The number of anilines is 1. The van der Waals surface area contributed by atoms with E-state index in [-0.39, 0.29) is 36.4 Å². The lowest BCUT2D eigenvalue weighted by Gasteiger charge is -2.33. The summed E-state index contributed by atoms with van der Waals surface area (Å²) in [5.41, 5.74) is 2.06. The van der Waals surface area contributed by atoms with Gasteiger partial charge >= 0.3 is 12.3 Å². The first-order chi connectivity index (χ1) is 19.6. The van der Waals surface area contributed by atoms with Gasteiger partial charge in [0.2, 0.25) is 0 Å². The van der Waals surface area contributed by atoms with Crippen molar-refractivity contribution in [2.45, 2.75) is 19.6 Å². The fraction of sp³-hybridized carbons (Fsp3) is 0.241. The second-order valence-corrected chi connectivity index (χ2v) is 9.59. The molecule has 0 atom stereocenters. The van der Waals surface area contributed by atoms with Gasteiger partial charge in [-0.2, -0.15) is 18.3 Å². The molecule has 1 aliphatic heterocycles. The third-order valence-corrected chi connectivity index (χ3v) is 6.81. The largest absolute Gasteiger partial charge is 0.465 e. The maximum Gasteiger partial charge on any atom is 0.416 e. The predicted octanol–water partition coefficient (Wildman–Crippen LogP) is 4.50. The molecule has 5 rings (SSSR count). The second kappa shape index (κ2) is 11.3. The minimum atomic E-state index is -4.64. The third kappa shape index (κ3) is 6.31. The van der Waals surface area contributed by atoms with Crippen molar-refractivity contribution in [2.75, 3.05) is 31.5 Å². The highest BCUT2D eigenvalue weighted by molar-refractivity contribution is 6.04. The van der Waals surface area contributed by atoms with Crippen molar-refractivity contribution < 1.29 is 27.9 Å². The van der Waals surface area contributed by atoms with Gasteiger partial charge in [-0.15, -0.1) is 0 Å². The first-order valence-electron chi connectivity index (χ1n) is 12.7. The van der Waals surface area contributed by atoms with Gasteiger partial charge in [-0.05, 0) is 60.4 Å². The first-order valence-corrected chi connectivity index (χ1v) is 12.7. The van der Waals surface area contributed by atoms with E-state index in [1.165, 1.54) is 17.0 Å². The lowest BCUT2D eigenvalue weighted by molar-refractivity contribution is -0.138. The highest BCUT2D eigenvalue weighted by Crippen LogP contribution is 2.34. The Balaban J connectivity index is 1.33. The van der Waals surface area contributed by atoms with E-state index >= 15 is 0 Å². The van der Waals surface area contributed by atoms with Crippen LogP contribution in [0.4, 0.5) is 23.7 Å². The molecule has 0 unspecified atom stereocenters. The predicted molar refractivity (Wildman–Crippen MR) is 144 cm³/mol. The molecule has 4 aromatic rings. The van der Waals surface area contributed by atoms with Gasteiger partial charge in [0.15, 0.2) is 5.65 Å². The van der Waals surface area contributed by atoms with E-state index in [1.54, 1.807) is 52.1 Å². The number of hydrogen-bond acceptors (Lipinski definition) is 5. The number of carbonyl (C=O) groups excluding carboxylic acids is 1. The number of carboxylic acid groups (broad SMARTS) is 1. The standard InChI is InChI=1S/C29H25F3N6O3/c1-19-4-5-21(15-20(19)7-9-24-17-33-26-3-2-10-34-38(24)26)27(39)35-23-8-6-22(25(16-23)29(30,31)32)18-36-11-13-37(14-12-36)28(40)41/h2-6,8,10,15-17H,11-14,18H2,1H3,(H,35,39)(H,40,41). The van der Waals surface area contributed by atoms with E-state index < -0.39 is 23.7 Å². The SMILES string of the molecule is Cc1ccc(C(=O)Nc2ccc(CN3CCN(C(=O)O)CC3)c(C(F)(F)F)c2)cc1C#Cc1cnc2cccnn12. The van der Waals surface area contributed by atoms with Crippen LogP contribution in [0.2, 0.25) is 0 Å². The fourth-order valence-corrected chi connectivity index (χ4v) is 4.54. The number of carbonyl (C=O) groups is 2. The van der Waals surface area contributed by atoms with Gasteiger partial charge in [-0.25, -0.2) is 14.3 Å². The van der Waals surface area contributed by atoms with Crippen LogP contribution in [0.25, 0.3) is 5.65 Å². The number of rotatable bonds is 4. The quantitative estimate of drug-likeness (QED) is 0.355. The summed E-state index contributed by atoms with van der Waals surface area (Å²) in [5.74, 6) is 5.46. The number of aromatic nitrogens is 3. The molecule has 3 heterocycles. The summed E-state index contributed by atoms with van der Waals surface area (Å²) in [5, 5.41) is 15.9. The van der Waals surface area contributed by atoms with E-state index in [1.807, 2.05) is 6.92 Å². The molecule has 0 bridgehead atoms. The summed E-state index contributed by atoms with van der Waals surface area (Å²) in [6, 6.07) is 12.2. The van der Waals surface area contributed by atoms with Gasteiger partial charge in [-0.3, -0.25) is 9.69 Å². The van der Waals surface area contributed by atoms with Crippen LogP contribution in [0.5, 0.6) is 0 Å². The minimum absolute atomic E-state index is 0.00628. The Morgan fingerprint density at radius 3 is 2.56 bits per heavy atom. The van der Waals surface area contributed by atoms with Crippen LogP contribution in [0.1, 0.15) is 38.3 Å². The summed E-state index contributed by atoms with van der Waals surface area (Å²) in [7, 11) is 0. The number of alkyl halides is 3. The van der Waals surface area contributed by atoms with Gasteiger partial charge < -0.3 is 15.3 Å². The maximum atomic E-state index is 14.0. The van der Waals surface area contributed by atoms with Crippen molar-refractivity contribution >= 4 is 23.3 Å². The van der Waals surface area contributed by atoms with Crippen molar-refractivity contribution in [2.24, 2.45) is 0 Å². The molecule has 9 nitrogen and oxygen atoms in total. The van der Waals surface area contributed by atoms with E-state index in [4.69, 9.17) is 5.11 Å². The Labute approximate surface area is 233 Å². The molecule has 2 amide bonds. The molecule has 2 aromatic carbocycles. The summed E-state index contributed by atoms with van der Waals surface area (Å²) >= 11 is 0. The maximum absolute atomic E-state index is 14.0. The molecular weight excluding hydrogens is 537 g/mol. The molecule has 0 saturated carbocycles. The number of fused-ring (bicyclic) bond motifs is 1. The summed E-state index contributed by atoms with van der Waals surface area (Å²) in [6.07, 6.45) is -2.47. The van der Waals surface area contributed by atoms with E-state index in [0.717, 1.165) is 11.6 Å². The number of nitrogens with zero attached hydrogens (tertiary/aromatic N) is 5. The molecule has 1 aliphatic rings. The van der Waals surface area contributed by atoms with Crippen LogP contribution >= 0.6 is 0 Å². The van der Waals surface area contributed by atoms with Gasteiger partial charge in [0.05, 0.1) is 11.8 Å². The number of benzene rings is 2. The Kier molecular flexibility index (Phi) is 7.63. The van der Waals surface area contributed by atoms with Gasteiger partial charge in [0, 0.05) is 55.7 Å². The first kappa shape index (κ1) is 27.7. The van der Waals surface area contributed by atoms with Crippen LogP contribution < -0.4 is 5.32 Å². The molecule has 0 aliphatic carbocycles. The van der Waals surface area contributed by atoms with Crippen LogP contribution in [0, 0.1) is 18.8 Å². The van der Waals surface area contributed by atoms with Crippen molar-refractivity contribution in [1.82, 2.24) is 24.4 Å². The monoisotopic (exact) mass is 562 g/mol. The number of aryl methyl sites for hydroxylation is 1. The topological polar surface area (TPSA) is 103 Å². The lowest BCUT2D eigenvalue weighted by atomic mass is 10.0. The van der Waals surface area contributed by atoms with Crippen molar-refractivity contribution in [3.63, 3.8) is 0 Å². The highest BCUT2D eigenvalue weighted by Gasteiger charge is 2.34.